The number of rotatable bonds is 2. The van der Waals surface area contributed by atoms with E-state index in [-0.39, 0.29) is 23.7 Å². The number of benzene rings is 2. The Morgan fingerprint density at radius 3 is 1.43 bits per heavy atom. The van der Waals surface area contributed by atoms with E-state index in [1.165, 1.54) is 10.0 Å². The lowest BCUT2D eigenvalue weighted by Gasteiger charge is -2.37. The van der Waals surface area contributed by atoms with Crippen LogP contribution in [0.25, 0.3) is 0 Å². The minimum Gasteiger partial charge on any atom is -0.272 e. The molecular formula is C17H14N2O2. The van der Waals surface area contributed by atoms with Crippen molar-refractivity contribution in [1.82, 2.24) is 0 Å². The number of hydrazine groups is 1. The number of nitrogens with zero attached hydrogens (tertiary/aromatic N) is 2. The summed E-state index contributed by atoms with van der Waals surface area (Å²) in [6.07, 6.45) is 0.671. The molecule has 4 heteroatoms. The molecule has 2 amide bonds. The second-order valence-corrected chi connectivity index (χ2v) is 5.42. The maximum Gasteiger partial charge on any atom is 0.250 e. The Kier molecular flexibility index (Phi) is 2.57. The van der Waals surface area contributed by atoms with E-state index in [1.54, 1.807) is 0 Å². The van der Waals surface area contributed by atoms with Gasteiger partial charge in [-0.1, -0.05) is 36.4 Å². The monoisotopic (exact) mass is 278 g/mol. The van der Waals surface area contributed by atoms with Crippen LogP contribution >= 0.6 is 0 Å². The van der Waals surface area contributed by atoms with Gasteiger partial charge in [0.15, 0.2) is 0 Å². The predicted octanol–water partition coefficient (Wildman–Crippen LogP) is 2.62. The summed E-state index contributed by atoms with van der Waals surface area (Å²) in [6, 6.07) is 18.7. The summed E-state index contributed by atoms with van der Waals surface area (Å²) < 4.78 is 0. The van der Waals surface area contributed by atoms with Gasteiger partial charge in [0, 0.05) is 0 Å². The van der Waals surface area contributed by atoms with Crippen molar-refractivity contribution in [2.45, 2.75) is 6.42 Å². The number of anilines is 2. The molecule has 0 radical (unpaired) electrons. The molecule has 2 atom stereocenters. The maximum atomic E-state index is 12.6. The van der Waals surface area contributed by atoms with Gasteiger partial charge in [0.25, 0.3) is 0 Å². The van der Waals surface area contributed by atoms with Gasteiger partial charge in [0.05, 0.1) is 23.2 Å². The summed E-state index contributed by atoms with van der Waals surface area (Å²) in [6.45, 7) is 0. The standard InChI is InChI=1S/C17H14N2O2/c20-16-14-11-15(14)17(21)19(13-9-5-2-6-10-13)18(16)12-7-3-1-4-8-12/h1-10,14-15H,11H2. The molecule has 21 heavy (non-hydrogen) atoms. The fourth-order valence-electron chi connectivity index (χ4n) is 2.88. The van der Waals surface area contributed by atoms with Crippen LogP contribution in [-0.2, 0) is 9.59 Å². The first-order valence-corrected chi connectivity index (χ1v) is 7.05. The van der Waals surface area contributed by atoms with E-state index in [0.29, 0.717) is 6.42 Å². The number of amides is 2. The lowest BCUT2D eigenvalue weighted by atomic mass is 10.2. The minimum atomic E-state index is -0.141. The largest absolute Gasteiger partial charge is 0.272 e. The van der Waals surface area contributed by atoms with Gasteiger partial charge in [-0.3, -0.25) is 9.59 Å². The molecule has 104 valence electrons. The van der Waals surface area contributed by atoms with Crippen LogP contribution in [0.15, 0.2) is 60.7 Å². The number of carbonyl (C=O) groups excluding carboxylic acids is 2. The molecule has 1 aliphatic heterocycles. The van der Waals surface area contributed by atoms with Crippen molar-refractivity contribution in [1.29, 1.82) is 0 Å². The minimum absolute atomic E-state index is 0.00894. The second kappa shape index (κ2) is 4.45. The summed E-state index contributed by atoms with van der Waals surface area (Å²) in [5.74, 6) is -0.264. The summed E-state index contributed by atoms with van der Waals surface area (Å²) in [7, 11) is 0. The quantitative estimate of drug-likeness (QED) is 0.847. The van der Waals surface area contributed by atoms with E-state index >= 15 is 0 Å². The predicted molar refractivity (Wildman–Crippen MR) is 79.5 cm³/mol. The summed E-state index contributed by atoms with van der Waals surface area (Å²) in [4.78, 5) is 25.3. The van der Waals surface area contributed by atoms with Crippen molar-refractivity contribution in [3.63, 3.8) is 0 Å². The first kappa shape index (κ1) is 12.1. The molecule has 4 rings (SSSR count). The van der Waals surface area contributed by atoms with Crippen molar-refractivity contribution in [2.24, 2.45) is 11.8 Å². The van der Waals surface area contributed by atoms with Gasteiger partial charge in [-0.2, -0.15) is 0 Å². The van der Waals surface area contributed by atoms with Gasteiger partial charge < -0.3 is 0 Å². The Hall–Kier alpha value is -2.62. The van der Waals surface area contributed by atoms with Gasteiger partial charge in [-0.05, 0) is 30.7 Å². The fraction of sp³-hybridized carbons (Fsp3) is 0.176. The van der Waals surface area contributed by atoms with Crippen molar-refractivity contribution in [3.8, 4) is 0 Å². The Morgan fingerprint density at radius 2 is 1.05 bits per heavy atom. The Balaban J connectivity index is 1.83. The van der Waals surface area contributed by atoms with E-state index in [0.717, 1.165) is 11.4 Å². The van der Waals surface area contributed by atoms with Gasteiger partial charge in [0.2, 0.25) is 11.8 Å². The highest BCUT2D eigenvalue weighted by atomic mass is 16.2. The van der Waals surface area contributed by atoms with Crippen molar-refractivity contribution >= 4 is 23.2 Å². The zero-order chi connectivity index (χ0) is 14.4. The molecule has 0 N–H and O–H groups in total. The number of fused-ring (bicyclic) bond motifs is 1. The first-order chi connectivity index (χ1) is 10.3. The van der Waals surface area contributed by atoms with Crippen LogP contribution < -0.4 is 10.0 Å². The van der Waals surface area contributed by atoms with Crippen LogP contribution in [0.2, 0.25) is 0 Å². The molecule has 2 aromatic rings. The van der Waals surface area contributed by atoms with E-state index < -0.39 is 0 Å². The van der Waals surface area contributed by atoms with E-state index in [1.807, 2.05) is 60.7 Å². The van der Waals surface area contributed by atoms with Gasteiger partial charge in [-0.15, -0.1) is 0 Å². The SMILES string of the molecule is O=C1C2CC2C(=O)N(c2ccccc2)N1c1ccccc1. The highest BCUT2D eigenvalue weighted by Crippen LogP contribution is 2.47. The molecule has 2 unspecified atom stereocenters. The number of para-hydroxylation sites is 2. The number of carbonyl (C=O) groups is 2. The van der Waals surface area contributed by atoms with Gasteiger partial charge >= 0.3 is 0 Å². The fourth-order valence-corrected chi connectivity index (χ4v) is 2.88. The molecule has 1 saturated heterocycles. The third kappa shape index (κ3) is 1.83. The van der Waals surface area contributed by atoms with Gasteiger partial charge in [0.1, 0.15) is 0 Å². The Bertz CT molecular complexity index is 638. The van der Waals surface area contributed by atoms with Crippen LogP contribution in [-0.4, -0.2) is 11.8 Å². The average molecular weight is 278 g/mol. The summed E-state index contributed by atoms with van der Waals surface area (Å²) >= 11 is 0. The van der Waals surface area contributed by atoms with Crippen LogP contribution in [0.4, 0.5) is 11.4 Å². The van der Waals surface area contributed by atoms with Crippen LogP contribution in [0, 0.1) is 11.8 Å². The average Bonchev–Trinajstić information content (AvgIpc) is 3.33. The molecule has 2 aliphatic rings. The molecule has 0 bridgehead atoms. The highest BCUT2D eigenvalue weighted by Gasteiger charge is 2.57. The summed E-state index contributed by atoms with van der Waals surface area (Å²) in [5, 5.41) is 3.04. The van der Waals surface area contributed by atoms with E-state index in [4.69, 9.17) is 0 Å². The topological polar surface area (TPSA) is 40.6 Å². The molecule has 2 aromatic carbocycles. The van der Waals surface area contributed by atoms with E-state index in [2.05, 4.69) is 0 Å². The van der Waals surface area contributed by atoms with Gasteiger partial charge in [-0.25, -0.2) is 10.0 Å². The maximum absolute atomic E-state index is 12.6. The smallest absolute Gasteiger partial charge is 0.250 e. The number of hydrogen-bond acceptors (Lipinski definition) is 2. The molecule has 0 spiro atoms. The second-order valence-electron chi connectivity index (χ2n) is 5.42. The summed E-state index contributed by atoms with van der Waals surface area (Å²) in [5.41, 5.74) is 1.45. The molecule has 1 aliphatic carbocycles. The lowest BCUT2D eigenvalue weighted by Crippen LogP contribution is -2.55. The van der Waals surface area contributed by atoms with Crippen molar-refractivity contribution in [3.05, 3.63) is 60.7 Å². The molecule has 2 fully saturated rings. The Morgan fingerprint density at radius 1 is 0.667 bits per heavy atom. The molecular weight excluding hydrogens is 264 g/mol. The highest BCUT2D eigenvalue weighted by molar-refractivity contribution is 6.15. The van der Waals surface area contributed by atoms with Crippen LogP contribution in [0.3, 0.4) is 0 Å². The van der Waals surface area contributed by atoms with Crippen molar-refractivity contribution < 1.29 is 9.59 Å². The molecule has 1 heterocycles. The Labute approximate surface area is 122 Å². The zero-order valence-electron chi connectivity index (χ0n) is 11.3. The lowest BCUT2D eigenvalue weighted by molar-refractivity contribution is -0.129. The molecule has 1 saturated carbocycles. The van der Waals surface area contributed by atoms with E-state index in [9.17, 15) is 9.59 Å². The third-order valence-corrected chi connectivity index (χ3v) is 4.04. The number of hydrogen-bond donors (Lipinski definition) is 0. The normalized spacial score (nSPS) is 24.0. The first-order valence-electron chi connectivity index (χ1n) is 7.05. The molecule has 0 aromatic heterocycles. The van der Waals surface area contributed by atoms with Crippen LogP contribution in [0.5, 0.6) is 0 Å². The molecule has 4 nitrogen and oxygen atoms in total. The van der Waals surface area contributed by atoms with Crippen LogP contribution in [0.1, 0.15) is 6.42 Å². The van der Waals surface area contributed by atoms with Crippen molar-refractivity contribution in [2.75, 3.05) is 10.0 Å². The third-order valence-electron chi connectivity index (χ3n) is 4.04. The zero-order valence-corrected chi connectivity index (χ0v) is 11.3.